The molecule has 2 N–H and O–H groups in total. The lowest BCUT2D eigenvalue weighted by Crippen LogP contribution is -2.44. The number of aliphatic carboxylic acids is 1. The first-order chi connectivity index (χ1) is 17.0. The molecule has 0 bridgehead atoms. The molecule has 2 aromatic carbocycles. The number of amides is 2. The highest BCUT2D eigenvalue weighted by Gasteiger charge is 2.36. The second-order valence-electron chi connectivity index (χ2n) is 9.15. The fraction of sp³-hybridized carbons (Fsp3) is 0.444. The Kier molecular flexibility index (Phi) is 8.02. The molecule has 35 heavy (non-hydrogen) atoms. The zero-order chi connectivity index (χ0) is 24.8. The summed E-state index contributed by atoms with van der Waals surface area (Å²) in [5.74, 6) is -1.64. The summed E-state index contributed by atoms with van der Waals surface area (Å²) in [6.07, 6.45) is 1.83. The standard InChI is InChI=1S/C27H32N2O6/c1-34-14-13-29(16-25(30)31)26(32)19-12-6-7-18(19)15-28-27(33)35-17-24-22-10-4-2-8-20(22)21-9-3-5-11-23(21)24/h2-5,8-11,18-19,24H,6-7,12-17H2,1H3,(H,28,33)(H,30,31). The molecule has 2 aliphatic carbocycles. The average Bonchev–Trinajstić information content (AvgIpc) is 3.46. The van der Waals surface area contributed by atoms with Crippen LogP contribution in [0.1, 0.15) is 36.3 Å². The van der Waals surface area contributed by atoms with Crippen molar-refractivity contribution in [1.82, 2.24) is 10.2 Å². The number of fused-ring (bicyclic) bond motifs is 3. The fourth-order valence-corrected chi connectivity index (χ4v) is 5.34. The highest BCUT2D eigenvalue weighted by atomic mass is 16.5. The quantitative estimate of drug-likeness (QED) is 0.539. The van der Waals surface area contributed by atoms with Gasteiger partial charge < -0.3 is 24.8 Å². The van der Waals surface area contributed by atoms with E-state index in [1.807, 2.05) is 24.3 Å². The molecule has 1 saturated carbocycles. The molecule has 4 rings (SSSR count). The van der Waals surface area contributed by atoms with Gasteiger partial charge in [-0.25, -0.2) is 4.79 Å². The number of benzene rings is 2. The second-order valence-corrected chi connectivity index (χ2v) is 9.15. The number of rotatable bonds is 10. The van der Waals surface area contributed by atoms with Crippen molar-refractivity contribution in [2.45, 2.75) is 25.2 Å². The SMILES string of the molecule is COCCN(CC(=O)O)C(=O)C1CCCC1CNC(=O)OCC1c2ccccc2-c2ccccc21. The summed E-state index contributed by atoms with van der Waals surface area (Å²) in [4.78, 5) is 38.1. The third-order valence-corrected chi connectivity index (χ3v) is 7.03. The first-order valence-corrected chi connectivity index (χ1v) is 12.1. The van der Waals surface area contributed by atoms with Crippen LogP contribution in [0.25, 0.3) is 11.1 Å². The lowest BCUT2D eigenvalue weighted by Gasteiger charge is -2.27. The van der Waals surface area contributed by atoms with Crippen LogP contribution in [-0.4, -0.2) is 67.9 Å². The van der Waals surface area contributed by atoms with E-state index in [-0.39, 0.29) is 50.0 Å². The van der Waals surface area contributed by atoms with Crippen molar-refractivity contribution in [3.8, 4) is 11.1 Å². The van der Waals surface area contributed by atoms with Crippen LogP contribution < -0.4 is 5.32 Å². The van der Waals surface area contributed by atoms with Crippen LogP contribution in [0.5, 0.6) is 0 Å². The lowest BCUT2D eigenvalue weighted by atomic mass is 9.94. The molecular weight excluding hydrogens is 448 g/mol. The minimum absolute atomic E-state index is 0.0145. The zero-order valence-corrected chi connectivity index (χ0v) is 19.9. The Bertz CT molecular complexity index is 1030. The van der Waals surface area contributed by atoms with Crippen molar-refractivity contribution in [3.05, 3.63) is 59.7 Å². The molecule has 8 nitrogen and oxygen atoms in total. The molecule has 0 aromatic heterocycles. The number of carboxylic acid groups (broad SMARTS) is 1. The molecule has 2 unspecified atom stereocenters. The van der Waals surface area contributed by atoms with E-state index >= 15 is 0 Å². The number of carbonyl (C=O) groups is 3. The highest BCUT2D eigenvalue weighted by molar-refractivity contribution is 5.83. The molecule has 2 aliphatic rings. The average molecular weight is 481 g/mol. The van der Waals surface area contributed by atoms with Gasteiger partial charge in [-0.3, -0.25) is 9.59 Å². The number of carboxylic acids is 1. The highest BCUT2D eigenvalue weighted by Crippen LogP contribution is 2.44. The van der Waals surface area contributed by atoms with E-state index in [9.17, 15) is 19.5 Å². The normalized spacial score (nSPS) is 18.5. The van der Waals surface area contributed by atoms with E-state index in [1.54, 1.807) is 0 Å². The Labute approximate surface area is 205 Å². The van der Waals surface area contributed by atoms with Crippen LogP contribution in [0, 0.1) is 11.8 Å². The van der Waals surface area contributed by atoms with Gasteiger partial charge in [-0.05, 0) is 41.0 Å². The molecule has 2 amide bonds. The molecule has 2 aromatic rings. The minimum atomic E-state index is -1.05. The van der Waals surface area contributed by atoms with Crippen molar-refractivity contribution in [2.75, 3.05) is 40.0 Å². The predicted molar refractivity (Wildman–Crippen MR) is 130 cm³/mol. The molecule has 0 saturated heterocycles. The third kappa shape index (κ3) is 5.65. The molecule has 0 spiro atoms. The van der Waals surface area contributed by atoms with Crippen LogP contribution >= 0.6 is 0 Å². The maximum Gasteiger partial charge on any atom is 0.407 e. The smallest absolute Gasteiger partial charge is 0.407 e. The third-order valence-electron chi connectivity index (χ3n) is 7.03. The van der Waals surface area contributed by atoms with Crippen LogP contribution in [-0.2, 0) is 19.1 Å². The number of nitrogens with zero attached hydrogens (tertiary/aromatic N) is 1. The largest absolute Gasteiger partial charge is 0.480 e. The van der Waals surface area contributed by atoms with Crippen molar-refractivity contribution >= 4 is 18.0 Å². The summed E-state index contributed by atoms with van der Waals surface area (Å²) in [5, 5.41) is 12.0. The monoisotopic (exact) mass is 480 g/mol. The number of alkyl carbamates (subject to hydrolysis) is 1. The van der Waals surface area contributed by atoms with Crippen LogP contribution in [0.3, 0.4) is 0 Å². The van der Waals surface area contributed by atoms with Crippen molar-refractivity contribution in [1.29, 1.82) is 0 Å². The van der Waals surface area contributed by atoms with Gasteiger partial charge in [0.15, 0.2) is 0 Å². The van der Waals surface area contributed by atoms with Crippen LogP contribution in [0.4, 0.5) is 4.79 Å². The van der Waals surface area contributed by atoms with Crippen LogP contribution in [0.15, 0.2) is 48.5 Å². The van der Waals surface area contributed by atoms with E-state index in [2.05, 4.69) is 29.6 Å². The lowest BCUT2D eigenvalue weighted by molar-refractivity contribution is -0.147. The fourth-order valence-electron chi connectivity index (χ4n) is 5.34. The number of ether oxygens (including phenoxy) is 2. The first-order valence-electron chi connectivity index (χ1n) is 12.1. The van der Waals surface area contributed by atoms with Gasteiger partial charge in [-0.1, -0.05) is 55.0 Å². The van der Waals surface area contributed by atoms with Gasteiger partial charge in [0.25, 0.3) is 0 Å². The summed E-state index contributed by atoms with van der Waals surface area (Å²) in [6, 6.07) is 16.3. The number of nitrogens with one attached hydrogen (secondary N) is 1. The molecular formula is C27H32N2O6. The summed E-state index contributed by atoms with van der Waals surface area (Å²) in [6.45, 7) is 0.693. The molecule has 2 atom stereocenters. The number of hydrogen-bond acceptors (Lipinski definition) is 5. The summed E-state index contributed by atoms with van der Waals surface area (Å²) in [7, 11) is 1.51. The maximum atomic E-state index is 13.0. The maximum absolute atomic E-state index is 13.0. The number of hydrogen-bond donors (Lipinski definition) is 2. The molecule has 0 aliphatic heterocycles. The van der Waals surface area contributed by atoms with Gasteiger partial charge in [0.2, 0.25) is 5.91 Å². The Morgan fingerprint density at radius 3 is 2.31 bits per heavy atom. The van der Waals surface area contributed by atoms with Crippen LogP contribution in [0.2, 0.25) is 0 Å². The Morgan fingerprint density at radius 1 is 1.03 bits per heavy atom. The Hall–Kier alpha value is -3.39. The van der Waals surface area contributed by atoms with E-state index in [1.165, 1.54) is 23.1 Å². The number of methoxy groups -OCH3 is 1. The van der Waals surface area contributed by atoms with Gasteiger partial charge >= 0.3 is 12.1 Å². The summed E-state index contributed by atoms with van der Waals surface area (Å²) in [5.41, 5.74) is 4.64. The first kappa shape index (κ1) is 24.7. The van der Waals surface area contributed by atoms with Gasteiger partial charge in [0, 0.05) is 32.0 Å². The van der Waals surface area contributed by atoms with Gasteiger partial charge in [0.05, 0.1) is 6.61 Å². The Balaban J connectivity index is 1.32. The van der Waals surface area contributed by atoms with E-state index < -0.39 is 12.1 Å². The number of carbonyl (C=O) groups excluding carboxylic acids is 2. The Morgan fingerprint density at radius 2 is 1.69 bits per heavy atom. The summed E-state index contributed by atoms with van der Waals surface area (Å²) < 4.78 is 10.6. The van der Waals surface area contributed by atoms with Gasteiger partial charge in [-0.2, -0.15) is 0 Å². The van der Waals surface area contributed by atoms with E-state index in [0.717, 1.165) is 24.0 Å². The molecule has 1 fully saturated rings. The molecule has 186 valence electrons. The molecule has 8 heteroatoms. The van der Waals surface area contributed by atoms with Crippen molar-refractivity contribution in [3.63, 3.8) is 0 Å². The topological polar surface area (TPSA) is 105 Å². The van der Waals surface area contributed by atoms with Gasteiger partial charge in [0.1, 0.15) is 13.2 Å². The van der Waals surface area contributed by atoms with Gasteiger partial charge in [-0.15, -0.1) is 0 Å². The molecule has 0 radical (unpaired) electrons. The predicted octanol–water partition coefficient (Wildman–Crippen LogP) is 3.50. The van der Waals surface area contributed by atoms with E-state index in [4.69, 9.17) is 9.47 Å². The van der Waals surface area contributed by atoms with Crippen molar-refractivity contribution < 1.29 is 29.0 Å². The second kappa shape index (κ2) is 11.4. The molecule has 0 heterocycles. The zero-order valence-electron chi connectivity index (χ0n) is 19.9. The van der Waals surface area contributed by atoms with E-state index in [0.29, 0.717) is 13.0 Å². The summed E-state index contributed by atoms with van der Waals surface area (Å²) >= 11 is 0. The minimum Gasteiger partial charge on any atom is -0.480 e. The van der Waals surface area contributed by atoms with Crippen molar-refractivity contribution in [2.24, 2.45) is 11.8 Å².